The molecule has 1 aliphatic heterocycles. The molecule has 1 atom stereocenters. The molecule has 1 aromatic carbocycles. The van der Waals surface area contributed by atoms with Crippen LogP contribution in [0.4, 0.5) is 0 Å². The van der Waals surface area contributed by atoms with Crippen molar-refractivity contribution in [1.29, 1.82) is 5.26 Å². The van der Waals surface area contributed by atoms with Gasteiger partial charge in [-0.2, -0.15) is 5.26 Å². The summed E-state index contributed by atoms with van der Waals surface area (Å²) in [6, 6.07) is 10.3. The first-order valence-electron chi connectivity index (χ1n) is 5.75. The summed E-state index contributed by atoms with van der Waals surface area (Å²) < 4.78 is 0. The zero-order valence-electron chi connectivity index (χ0n) is 9.39. The largest absolute Gasteiger partial charge is 0.327 e. The van der Waals surface area contributed by atoms with Crippen LogP contribution in [0.2, 0.25) is 0 Å². The number of hydrogen-bond donors (Lipinski definition) is 1. The molecule has 1 heterocycles. The lowest BCUT2D eigenvalue weighted by Crippen LogP contribution is -2.42. The Bertz CT molecular complexity index is 394. The zero-order chi connectivity index (χ0) is 11.4. The highest BCUT2D eigenvalue weighted by Gasteiger charge is 2.16. The Hall–Kier alpha value is -1.37. The molecular weight excluding hydrogens is 198 g/mol. The summed E-state index contributed by atoms with van der Waals surface area (Å²) in [7, 11) is 0. The molecule has 0 radical (unpaired) electrons. The highest BCUT2D eigenvalue weighted by molar-refractivity contribution is 5.32. The molecule has 2 N–H and O–H groups in total. The number of nitrogens with two attached hydrogens (primary N) is 1. The van der Waals surface area contributed by atoms with Gasteiger partial charge in [0.15, 0.2) is 0 Å². The van der Waals surface area contributed by atoms with Crippen molar-refractivity contribution >= 4 is 0 Å². The summed E-state index contributed by atoms with van der Waals surface area (Å²) >= 11 is 0. The summed E-state index contributed by atoms with van der Waals surface area (Å²) in [5.74, 6) is 0. The Labute approximate surface area is 96.5 Å². The second-order valence-corrected chi connectivity index (χ2v) is 4.45. The molecule has 3 nitrogen and oxygen atoms in total. The van der Waals surface area contributed by atoms with Crippen LogP contribution in [0.1, 0.15) is 24.0 Å². The van der Waals surface area contributed by atoms with E-state index < -0.39 is 0 Å². The van der Waals surface area contributed by atoms with Gasteiger partial charge in [0.25, 0.3) is 0 Å². The first-order valence-corrected chi connectivity index (χ1v) is 5.75. The van der Waals surface area contributed by atoms with Gasteiger partial charge in [-0.25, -0.2) is 0 Å². The van der Waals surface area contributed by atoms with E-state index in [4.69, 9.17) is 11.0 Å². The lowest BCUT2D eigenvalue weighted by Gasteiger charge is -2.30. The maximum absolute atomic E-state index is 8.83. The Morgan fingerprint density at radius 2 is 2.38 bits per heavy atom. The molecule has 2 rings (SSSR count). The summed E-state index contributed by atoms with van der Waals surface area (Å²) in [5, 5.41) is 8.83. The molecule has 0 bridgehead atoms. The van der Waals surface area contributed by atoms with Crippen LogP contribution in [0, 0.1) is 11.3 Å². The summed E-state index contributed by atoms with van der Waals surface area (Å²) in [6.45, 7) is 2.99. The SMILES string of the molecule is N#Cc1cccc(CN2CCC[C@@H](N)C2)c1. The van der Waals surface area contributed by atoms with Crippen LogP contribution in [-0.4, -0.2) is 24.0 Å². The fourth-order valence-corrected chi connectivity index (χ4v) is 2.23. The van der Waals surface area contributed by atoms with Crippen molar-refractivity contribution in [3.63, 3.8) is 0 Å². The number of nitrogens with zero attached hydrogens (tertiary/aromatic N) is 2. The third-order valence-electron chi connectivity index (χ3n) is 3.00. The van der Waals surface area contributed by atoms with Gasteiger partial charge in [0.1, 0.15) is 0 Å². The van der Waals surface area contributed by atoms with E-state index in [9.17, 15) is 0 Å². The van der Waals surface area contributed by atoms with E-state index in [1.54, 1.807) is 0 Å². The van der Waals surface area contributed by atoms with Crippen LogP contribution in [0.25, 0.3) is 0 Å². The molecule has 0 spiro atoms. The third-order valence-corrected chi connectivity index (χ3v) is 3.00. The second kappa shape index (κ2) is 5.11. The second-order valence-electron chi connectivity index (χ2n) is 4.45. The van der Waals surface area contributed by atoms with Gasteiger partial charge in [0, 0.05) is 19.1 Å². The van der Waals surface area contributed by atoms with Crippen LogP contribution in [0.5, 0.6) is 0 Å². The topological polar surface area (TPSA) is 53.0 Å². The smallest absolute Gasteiger partial charge is 0.0991 e. The van der Waals surface area contributed by atoms with E-state index in [1.165, 1.54) is 12.0 Å². The lowest BCUT2D eigenvalue weighted by molar-refractivity contribution is 0.201. The van der Waals surface area contributed by atoms with Crippen molar-refractivity contribution in [2.24, 2.45) is 5.73 Å². The number of rotatable bonds is 2. The molecule has 1 fully saturated rings. The van der Waals surface area contributed by atoms with E-state index in [0.29, 0.717) is 6.04 Å². The Kier molecular flexibility index (Phi) is 3.55. The molecule has 1 aromatic rings. The molecule has 84 valence electrons. The van der Waals surface area contributed by atoms with Gasteiger partial charge in [-0.15, -0.1) is 0 Å². The van der Waals surface area contributed by atoms with Crippen LogP contribution < -0.4 is 5.73 Å². The number of benzene rings is 1. The van der Waals surface area contributed by atoms with Crippen LogP contribution in [-0.2, 0) is 6.54 Å². The first kappa shape index (κ1) is 11.1. The fourth-order valence-electron chi connectivity index (χ4n) is 2.23. The molecule has 16 heavy (non-hydrogen) atoms. The predicted octanol–water partition coefficient (Wildman–Crippen LogP) is 1.48. The average Bonchev–Trinajstić information content (AvgIpc) is 2.29. The lowest BCUT2D eigenvalue weighted by atomic mass is 10.1. The Morgan fingerprint density at radius 1 is 1.50 bits per heavy atom. The van der Waals surface area contributed by atoms with Crippen LogP contribution in [0.3, 0.4) is 0 Å². The molecule has 3 heteroatoms. The highest BCUT2D eigenvalue weighted by atomic mass is 15.1. The fraction of sp³-hybridized carbons (Fsp3) is 0.462. The van der Waals surface area contributed by atoms with Crippen LogP contribution >= 0.6 is 0 Å². The van der Waals surface area contributed by atoms with Gasteiger partial charge in [-0.3, -0.25) is 4.90 Å². The molecule has 0 unspecified atom stereocenters. The molecule has 1 saturated heterocycles. The van der Waals surface area contributed by atoms with Gasteiger partial charge >= 0.3 is 0 Å². The van der Waals surface area contributed by atoms with E-state index in [0.717, 1.165) is 31.6 Å². The maximum Gasteiger partial charge on any atom is 0.0991 e. The van der Waals surface area contributed by atoms with Crippen molar-refractivity contribution in [2.75, 3.05) is 13.1 Å². The van der Waals surface area contributed by atoms with Crippen molar-refractivity contribution < 1.29 is 0 Å². The minimum absolute atomic E-state index is 0.313. The van der Waals surface area contributed by atoms with E-state index >= 15 is 0 Å². The Balaban J connectivity index is 2.00. The van der Waals surface area contributed by atoms with Gasteiger partial charge in [0.2, 0.25) is 0 Å². The molecule has 0 amide bonds. The van der Waals surface area contributed by atoms with Crippen molar-refractivity contribution in [1.82, 2.24) is 4.90 Å². The molecule has 0 aliphatic carbocycles. The minimum atomic E-state index is 0.313. The number of piperidine rings is 1. The summed E-state index contributed by atoms with van der Waals surface area (Å²) in [5.41, 5.74) is 7.88. The molecule has 0 saturated carbocycles. The van der Waals surface area contributed by atoms with Gasteiger partial charge in [-0.1, -0.05) is 12.1 Å². The summed E-state index contributed by atoms with van der Waals surface area (Å²) in [4.78, 5) is 2.37. The standard InChI is InChI=1S/C13H17N3/c14-8-11-3-1-4-12(7-11)9-16-6-2-5-13(15)10-16/h1,3-4,7,13H,2,5-6,9-10,15H2/t13-/m1/s1. The van der Waals surface area contributed by atoms with E-state index in [1.807, 2.05) is 18.2 Å². The zero-order valence-corrected chi connectivity index (χ0v) is 9.39. The Morgan fingerprint density at radius 3 is 3.12 bits per heavy atom. The number of nitriles is 1. The quantitative estimate of drug-likeness (QED) is 0.813. The number of hydrogen-bond acceptors (Lipinski definition) is 3. The number of likely N-dealkylation sites (tertiary alicyclic amines) is 1. The summed E-state index contributed by atoms with van der Waals surface area (Å²) in [6.07, 6.45) is 2.31. The van der Waals surface area contributed by atoms with Crippen molar-refractivity contribution in [3.05, 3.63) is 35.4 Å². The molecule has 1 aliphatic rings. The molecular formula is C13H17N3. The maximum atomic E-state index is 8.83. The molecule has 0 aromatic heterocycles. The van der Waals surface area contributed by atoms with Gasteiger partial charge < -0.3 is 5.73 Å². The van der Waals surface area contributed by atoms with E-state index in [-0.39, 0.29) is 0 Å². The highest BCUT2D eigenvalue weighted by Crippen LogP contribution is 2.13. The third kappa shape index (κ3) is 2.82. The van der Waals surface area contributed by atoms with Gasteiger partial charge in [-0.05, 0) is 37.1 Å². The normalized spacial score (nSPS) is 21.6. The predicted molar refractivity (Wildman–Crippen MR) is 63.6 cm³/mol. The van der Waals surface area contributed by atoms with Crippen molar-refractivity contribution in [3.8, 4) is 6.07 Å². The average molecular weight is 215 g/mol. The van der Waals surface area contributed by atoms with Crippen molar-refractivity contribution in [2.45, 2.75) is 25.4 Å². The van der Waals surface area contributed by atoms with Gasteiger partial charge in [0.05, 0.1) is 11.6 Å². The first-order chi connectivity index (χ1) is 7.78. The monoisotopic (exact) mass is 215 g/mol. The van der Waals surface area contributed by atoms with E-state index in [2.05, 4.69) is 17.0 Å². The van der Waals surface area contributed by atoms with Crippen LogP contribution in [0.15, 0.2) is 24.3 Å². The minimum Gasteiger partial charge on any atom is -0.327 e.